The van der Waals surface area contributed by atoms with Gasteiger partial charge in [0.05, 0.1) is 0 Å². The minimum Gasteiger partial charge on any atom is -0.207 e. The first-order valence-electron chi connectivity index (χ1n) is 4.20. The summed E-state index contributed by atoms with van der Waals surface area (Å²) in [5.74, 6) is 0.889. The molecule has 0 unspecified atom stereocenters. The standard InChI is InChI=1S/C10H11FS/c11-9-3-1-8(2-4-9)7-12-10-5-6-10/h1-4,10H,5-7H2. The van der Waals surface area contributed by atoms with Crippen molar-refractivity contribution in [3.05, 3.63) is 35.6 Å². The first kappa shape index (κ1) is 8.11. The van der Waals surface area contributed by atoms with Crippen LogP contribution in [0.15, 0.2) is 24.3 Å². The van der Waals surface area contributed by atoms with Gasteiger partial charge in [-0.15, -0.1) is 0 Å². The second-order valence-electron chi connectivity index (χ2n) is 3.14. The summed E-state index contributed by atoms with van der Waals surface area (Å²) in [6, 6.07) is 6.79. The summed E-state index contributed by atoms with van der Waals surface area (Å²) >= 11 is 1.98. The zero-order valence-electron chi connectivity index (χ0n) is 6.79. The van der Waals surface area contributed by atoms with Gasteiger partial charge < -0.3 is 0 Å². The highest BCUT2D eigenvalue weighted by Gasteiger charge is 2.21. The molecule has 0 amide bonds. The van der Waals surface area contributed by atoms with Crippen LogP contribution in [0.4, 0.5) is 4.39 Å². The number of halogens is 1. The zero-order chi connectivity index (χ0) is 8.39. The molecule has 1 fully saturated rings. The van der Waals surface area contributed by atoms with Gasteiger partial charge in [-0.1, -0.05) is 12.1 Å². The highest BCUT2D eigenvalue weighted by Crippen LogP contribution is 2.35. The van der Waals surface area contributed by atoms with Crippen LogP contribution in [0.25, 0.3) is 0 Å². The van der Waals surface area contributed by atoms with Crippen molar-refractivity contribution in [1.82, 2.24) is 0 Å². The van der Waals surface area contributed by atoms with Gasteiger partial charge in [0, 0.05) is 11.0 Å². The van der Waals surface area contributed by atoms with Crippen molar-refractivity contribution in [2.45, 2.75) is 23.8 Å². The molecule has 0 N–H and O–H groups in total. The quantitative estimate of drug-likeness (QED) is 0.691. The van der Waals surface area contributed by atoms with E-state index in [1.165, 1.54) is 30.5 Å². The number of rotatable bonds is 3. The average Bonchev–Trinajstić information content (AvgIpc) is 2.87. The number of benzene rings is 1. The van der Waals surface area contributed by atoms with Crippen molar-refractivity contribution in [1.29, 1.82) is 0 Å². The topological polar surface area (TPSA) is 0 Å². The Bertz CT molecular complexity index is 251. The van der Waals surface area contributed by atoms with Crippen molar-refractivity contribution in [2.24, 2.45) is 0 Å². The fourth-order valence-electron chi connectivity index (χ4n) is 1.03. The van der Waals surface area contributed by atoms with Crippen molar-refractivity contribution >= 4 is 11.8 Å². The van der Waals surface area contributed by atoms with E-state index in [0.717, 1.165) is 11.0 Å². The van der Waals surface area contributed by atoms with Gasteiger partial charge in [-0.25, -0.2) is 4.39 Å². The monoisotopic (exact) mass is 182 g/mol. The SMILES string of the molecule is Fc1ccc(CSC2CC2)cc1. The smallest absolute Gasteiger partial charge is 0.123 e. The van der Waals surface area contributed by atoms with Crippen LogP contribution in [0, 0.1) is 5.82 Å². The van der Waals surface area contributed by atoms with E-state index >= 15 is 0 Å². The van der Waals surface area contributed by atoms with Crippen LogP contribution in [-0.4, -0.2) is 5.25 Å². The third-order valence-electron chi connectivity index (χ3n) is 1.92. The van der Waals surface area contributed by atoms with E-state index in [1.807, 2.05) is 23.9 Å². The lowest BCUT2D eigenvalue weighted by molar-refractivity contribution is 0.627. The van der Waals surface area contributed by atoms with Gasteiger partial charge in [0.1, 0.15) is 5.82 Å². The molecule has 64 valence electrons. The number of hydrogen-bond donors (Lipinski definition) is 0. The Morgan fingerprint density at radius 2 is 1.92 bits per heavy atom. The summed E-state index contributed by atoms with van der Waals surface area (Å²) in [6.45, 7) is 0. The van der Waals surface area contributed by atoms with Crippen molar-refractivity contribution in [2.75, 3.05) is 0 Å². The van der Waals surface area contributed by atoms with Gasteiger partial charge in [0.15, 0.2) is 0 Å². The molecule has 1 aliphatic rings. The molecule has 1 aromatic rings. The molecule has 0 atom stereocenters. The molecule has 2 rings (SSSR count). The summed E-state index contributed by atoms with van der Waals surface area (Å²) in [6.07, 6.45) is 2.73. The molecule has 0 nitrogen and oxygen atoms in total. The number of thioether (sulfide) groups is 1. The Hall–Kier alpha value is -0.500. The van der Waals surface area contributed by atoms with E-state index in [1.54, 1.807) is 0 Å². The lowest BCUT2D eigenvalue weighted by Gasteiger charge is -1.98. The average molecular weight is 182 g/mol. The molecule has 12 heavy (non-hydrogen) atoms. The van der Waals surface area contributed by atoms with E-state index in [0.29, 0.717) is 0 Å². The normalized spacial score (nSPS) is 16.4. The van der Waals surface area contributed by atoms with Crippen molar-refractivity contribution in [3.8, 4) is 0 Å². The largest absolute Gasteiger partial charge is 0.207 e. The van der Waals surface area contributed by atoms with E-state index in [2.05, 4.69) is 0 Å². The van der Waals surface area contributed by atoms with Crippen LogP contribution in [0.1, 0.15) is 18.4 Å². The first-order valence-corrected chi connectivity index (χ1v) is 5.25. The van der Waals surface area contributed by atoms with Crippen LogP contribution in [0.5, 0.6) is 0 Å². The summed E-state index contributed by atoms with van der Waals surface area (Å²) in [5.41, 5.74) is 1.23. The highest BCUT2D eigenvalue weighted by molar-refractivity contribution is 7.99. The van der Waals surface area contributed by atoms with Gasteiger partial charge in [-0.2, -0.15) is 11.8 Å². The van der Waals surface area contributed by atoms with Crippen molar-refractivity contribution < 1.29 is 4.39 Å². The van der Waals surface area contributed by atoms with E-state index in [9.17, 15) is 4.39 Å². The zero-order valence-corrected chi connectivity index (χ0v) is 7.61. The predicted molar refractivity (Wildman–Crippen MR) is 50.7 cm³/mol. The van der Waals surface area contributed by atoms with Gasteiger partial charge in [0.25, 0.3) is 0 Å². The Morgan fingerprint density at radius 3 is 2.50 bits per heavy atom. The summed E-state index contributed by atoms with van der Waals surface area (Å²) in [7, 11) is 0. The molecule has 0 heterocycles. The highest BCUT2D eigenvalue weighted by atomic mass is 32.2. The Kier molecular flexibility index (Phi) is 2.35. The maximum absolute atomic E-state index is 12.5. The van der Waals surface area contributed by atoms with E-state index < -0.39 is 0 Å². The molecule has 0 aliphatic heterocycles. The molecule has 0 radical (unpaired) electrons. The van der Waals surface area contributed by atoms with Crippen LogP contribution in [0.2, 0.25) is 0 Å². The molecule has 0 spiro atoms. The Labute approximate surface area is 76.2 Å². The minimum absolute atomic E-state index is 0.143. The van der Waals surface area contributed by atoms with E-state index in [4.69, 9.17) is 0 Å². The summed E-state index contributed by atoms with van der Waals surface area (Å²) in [5, 5.41) is 0.884. The lowest BCUT2D eigenvalue weighted by atomic mass is 10.2. The fourth-order valence-corrected chi connectivity index (χ4v) is 2.12. The molecule has 1 aromatic carbocycles. The molecular weight excluding hydrogens is 171 g/mol. The first-order chi connectivity index (χ1) is 5.84. The van der Waals surface area contributed by atoms with Gasteiger partial charge >= 0.3 is 0 Å². The third kappa shape index (κ3) is 2.24. The fraction of sp³-hybridized carbons (Fsp3) is 0.400. The molecule has 0 bridgehead atoms. The Balaban J connectivity index is 1.89. The van der Waals surface area contributed by atoms with Crippen LogP contribution in [0.3, 0.4) is 0 Å². The second-order valence-corrected chi connectivity index (χ2v) is 4.43. The lowest BCUT2D eigenvalue weighted by Crippen LogP contribution is -1.82. The number of hydrogen-bond acceptors (Lipinski definition) is 1. The van der Waals surface area contributed by atoms with Crippen LogP contribution >= 0.6 is 11.8 Å². The van der Waals surface area contributed by atoms with Gasteiger partial charge in [-0.3, -0.25) is 0 Å². The molecule has 2 heteroatoms. The maximum atomic E-state index is 12.5. The van der Waals surface area contributed by atoms with Gasteiger partial charge in [-0.05, 0) is 30.5 Å². The summed E-state index contributed by atoms with van der Waals surface area (Å²) in [4.78, 5) is 0. The third-order valence-corrected chi connectivity index (χ3v) is 3.37. The predicted octanol–water partition coefficient (Wildman–Crippen LogP) is 3.22. The molecule has 1 saturated carbocycles. The maximum Gasteiger partial charge on any atom is 0.123 e. The van der Waals surface area contributed by atoms with Crippen LogP contribution < -0.4 is 0 Å². The van der Waals surface area contributed by atoms with Gasteiger partial charge in [0.2, 0.25) is 0 Å². The van der Waals surface area contributed by atoms with Crippen LogP contribution in [-0.2, 0) is 5.75 Å². The molecule has 0 aromatic heterocycles. The van der Waals surface area contributed by atoms with Crippen molar-refractivity contribution in [3.63, 3.8) is 0 Å². The second kappa shape index (κ2) is 3.48. The summed E-state index contributed by atoms with van der Waals surface area (Å²) < 4.78 is 12.5. The Morgan fingerprint density at radius 1 is 1.25 bits per heavy atom. The van der Waals surface area contributed by atoms with E-state index in [-0.39, 0.29) is 5.82 Å². The molecule has 1 aliphatic carbocycles. The molecular formula is C10H11FS. The molecule has 0 saturated heterocycles. The minimum atomic E-state index is -0.143.